The Hall–Kier alpha value is 0.0500. The van der Waals surface area contributed by atoms with E-state index in [2.05, 4.69) is 23.7 Å². The van der Waals surface area contributed by atoms with Crippen LogP contribution in [-0.4, -0.2) is 6.61 Å². The third-order valence-electron chi connectivity index (χ3n) is 0.894. The van der Waals surface area contributed by atoms with Gasteiger partial charge in [0.05, 0.1) is 6.61 Å². The van der Waals surface area contributed by atoms with Gasteiger partial charge in [0.1, 0.15) is 0 Å². The Labute approximate surface area is 56.4 Å². The maximum Gasteiger partial charge on any atom is 0.0610 e. The van der Waals surface area contributed by atoms with Crippen LogP contribution in [0, 0.1) is 0 Å². The van der Waals surface area contributed by atoms with Crippen LogP contribution < -0.4 is 0 Å². The second-order valence-corrected chi connectivity index (χ2v) is 1.88. The molecule has 0 aliphatic heterocycles. The van der Waals surface area contributed by atoms with Crippen molar-refractivity contribution in [3.8, 4) is 0 Å². The Morgan fingerprint density at radius 3 is 2.75 bits per heavy atom. The molecular formula is C6H12OS. The van der Waals surface area contributed by atoms with Crippen LogP contribution in [0.5, 0.6) is 0 Å². The number of unbranched alkanes of at least 4 members (excludes halogenated alkanes) is 2. The Morgan fingerprint density at radius 1 is 1.50 bits per heavy atom. The molecule has 48 valence electrons. The van der Waals surface area contributed by atoms with Gasteiger partial charge in [-0.05, 0) is 32.2 Å². The molecule has 0 N–H and O–H groups in total. The van der Waals surface area contributed by atoms with Crippen LogP contribution in [0.2, 0.25) is 0 Å². The van der Waals surface area contributed by atoms with Gasteiger partial charge in [-0.2, -0.15) is 0 Å². The maximum absolute atomic E-state index is 4.55. The first-order valence-corrected chi connectivity index (χ1v) is 3.15. The summed E-state index contributed by atoms with van der Waals surface area (Å²) in [6.45, 7) is 4.35. The van der Waals surface area contributed by atoms with Crippen LogP contribution in [-0.2, 0) is 4.18 Å². The first kappa shape index (κ1) is 8.05. The van der Waals surface area contributed by atoms with Crippen molar-refractivity contribution in [1.29, 1.82) is 0 Å². The molecular weight excluding hydrogens is 120 g/mol. The van der Waals surface area contributed by atoms with E-state index in [0.29, 0.717) is 0 Å². The SMILES string of the molecule is C=CCCCCOS. The fraction of sp³-hybridized carbons (Fsp3) is 0.667. The van der Waals surface area contributed by atoms with Gasteiger partial charge in [0.25, 0.3) is 0 Å². The van der Waals surface area contributed by atoms with Crippen molar-refractivity contribution in [2.45, 2.75) is 19.3 Å². The second-order valence-electron chi connectivity index (χ2n) is 1.62. The zero-order chi connectivity index (χ0) is 6.24. The molecule has 0 amide bonds. The van der Waals surface area contributed by atoms with E-state index in [9.17, 15) is 0 Å². The number of allylic oxidation sites excluding steroid dienone is 1. The highest BCUT2D eigenvalue weighted by atomic mass is 32.1. The van der Waals surface area contributed by atoms with Gasteiger partial charge in [-0.25, -0.2) is 0 Å². The number of rotatable bonds is 5. The van der Waals surface area contributed by atoms with Crippen LogP contribution in [0.25, 0.3) is 0 Å². The Kier molecular flexibility index (Phi) is 7.09. The molecule has 0 aromatic rings. The molecule has 2 heteroatoms. The molecule has 0 saturated heterocycles. The molecule has 0 spiro atoms. The van der Waals surface area contributed by atoms with Crippen molar-refractivity contribution in [3.63, 3.8) is 0 Å². The predicted octanol–water partition coefficient (Wildman–Crippen LogP) is 2.20. The Balaban J connectivity index is 2.62. The van der Waals surface area contributed by atoms with Crippen molar-refractivity contribution in [3.05, 3.63) is 12.7 Å². The van der Waals surface area contributed by atoms with Gasteiger partial charge in [-0.1, -0.05) is 6.08 Å². The maximum atomic E-state index is 4.55. The molecule has 1 nitrogen and oxygen atoms in total. The lowest BCUT2D eigenvalue weighted by Crippen LogP contribution is -1.82. The summed E-state index contributed by atoms with van der Waals surface area (Å²) in [4.78, 5) is 0. The molecule has 0 saturated carbocycles. The summed E-state index contributed by atoms with van der Waals surface area (Å²) in [5, 5.41) is 0. The minimum Gasteiger partial charge on any atom is -0.319 e. The van der Waals surface area contributed by atoms with Crippen molar-refractivity contribution in [2.75, 3.05) is 6.61 Å². The van der Waals surface area contributed by atoms with Gasteiger partial charge in [0.15, 0.2) is 0 Å². The van der Waals surface area contributed by atoms with Crippen LogP contribution in [0.15, 0.2) is 12.7 Å². The zero-order valence-corrected chi connectivity index (χ0v) is 5.86. The standard InChI is InChI=1S/C6H12OS/c1-2-3-4-5-6-7-8/h2,8H,1,3-6H2. The number of hydrogen-bond acceptors (Lipinski definition) is 2. The molecule has 0 bridgehead atoms. The second kappa shape index (κ2) is 7.05. The lowest BCUT2D eigenvalue weighted by Gasteiger charge is -1.92. The lowest BCUT2D eigenvalue weighted by molar-refractivity contribution is 0.367. The molecule has 0 aromatic heterocycles. The van der Waals surface area contributed by atoms with Crippen LogP contribution in [0.1, 0.15) is 19.3 Å². The van der Waals surface area contributed by atoms with Crippen LogP contribution in [0.4, 0.5) is 0 Å². The monoisotopic (exact) mass is 132 g/mol. The van der Waals surface area contributed by atoms with E-state index in [0.717, 1.165) is 25.9 Å². The summed E-state index contributed by atoms with van der Waals surface area (Å²) >= 11 is 3.60. The first-order valence-electron chi connectivity index (χ1n) is 2.79. The molecule has 0 fully saturated rings. The summed E-state index contributed by atoms with van der Waals surface area (Å²) in [5.74, 6) is 0. The van der Waals surface area contributed by atoms with Gasteiger partial charge in [0, 0.05) is 0 Å². The van der Waals surface area contributed by atoms with Crippen molar-refractivity contribution in [2.24, 2.45) is 0 Å². The average Bonchev–Trinajstić information content (AvgIpc) is 1.81. The third-order valence-corrected chi connectivity index (χ3v) is 1.08. The van der Waals surface area contributed by atoms with E-state index in [1.807, 2.05) is 6.08 Å². The zero-order valence-electron chi connectivity index (χ0n) is 4.97. The number of thiol groups is 1. The van der Waals surface area contributed by atoms with E-state index in [-0.39, 0.29) is 0 Å². The van der Waals surface area contributed by atoms with E-state index in [4.69, 9.17) is 0 Å². The highest BCUT2D eigenvalue weighted by molar-refractivity contribution is 7.75. The molecule has 0 atom stereocenters. The van der Waals surface area contributed by atoms with Crippen molar-refractivity contribution in [1.82, 2.24) is 0 Å². The highest BCUT2D eigenvalue weighted by Crippen LogP contribution is 1.96. The molecule has 0 radical (unpaired) electrons. The molecule has 0 heterocycles. The van der Waals surface area contributed by atoms with E-state index < -0.39 is 0 Å². The minimum absolute atomic E-state index is 0.747. The van der Waals surface area contributed by atoms with Gasteiger partial charge < -0.3 is 4.18 Å². The fourth-order valence-corrected chi connectivity index (χ4v) is 0.584. The molecule has 0 aromatic carbocycles. The summed E-state index contributed by atoms with van der Waals surface area (Å²) in [7, 11) is 0. The summed E-state index contributed by atoms with van der Waals surface area (Å²) < 4.78 is 4.55. The minimum atomic E-state index is 0.747. The van der Waals surface area contributed by atoms with Crippen molar-refractivity contribution >= 4 is 12.9 Å². The quantitative estimate of drug-likeness (QED) is 0.261. The molecule has 0 aliphatic rings. The molecule has 0 unspecified atom stereocenters. The average molecular weight is 132 g/mol. The summed E-state index contributed by atoms with van der Waals surface area (Å²) in [6, 6.07) is 0. The topological polar surface area (TPSA) is 9.23 Å². The first-order chi connectivity index (χ1) is 3.91. The lowest BCUT2D eigenvalue weighted by atomic mass is 10.2. The largest absolute Gasteiger partial charge is 0.319 e. The van der Waals surface area contributed by atoms with Gasteiger partial charge in [-0.3, -0.25) is 0 Å². The normalized spacial score (nSPS) is 9.12. The van der Waals surface area contributed by atoms with E-state index >= 15 is 0 Å². The van der Waals surface area contributed by atoms with E-state index in [1.54, 1.807) is 0 Å². The smallest absolute Gasteiger partial charge is 0.0610 e. The summed E-state index contributed by atoms with van der Waals surface area (Å²) in [5.41, 5.74) is 0. The van der Waals surface area contributed by atoms with Crippen molar-refractivity contribution < 1.29 is 4.18 Å². The fourth-order valence-electron chi connectivity index (χ4n) is 0.455. The highest BCUT2D eigenvalue weighted by Gasteiger charge is 1.82. The Morgan fingerprint density at radius 2 is 2.25 bits per heavy atom. The van der Waals surface area contributed by atoms with E-state index in [1.165, 1.54) is 0 Å². The Bertz CT molecular complexity index is 54.5. The molecule has 0 aliphatic carbocycles. The molecule has 8 heavy (non-hydrogen) atoms. The summed E-state index contributed by atoms with van der Waals surface area (Å²) in [6.07, 6.45) is 5.23. The molecule has 0 rings (SSSR count). The van der Waals surface area contributed by atoms with Gasteiger partial charge in [0.2, 0.25) is 0 Å². The van der Waals surface area contributed by atoms with Crippen LogP contribution >= 0.6 is 12.9 Å². The van der Waals surface area contributed by atoms with Gasteiger partial charge in [-0.15, -0.1) is 6.58 Å². The third kappa shape index (κ3) is 6.05. The predicted molar refractivity (Wildman–Crippen MR) is 39.0 cm³/mol. The number of hydrogen-bond donors (Lipinski definition) is 1. The van der Waals surface area contributed by atoms with Crippen LogP contribution in [0.3, 0.4) is 0 Å². The van der Waals surface area contributed by atoms with Gasteiger partial charge >= 0.3 is 0 Å².